The van der Waals surface area contributed by atoms with Gasteiger partial charge in [0.05, 0.1) is 0 Å². The Morgan fingerprint density at radius 2 is 1.03 bits per heavy atom. The Morgan fingerprint density at radius 1 is 0.605 bits per heavy atom. The van der Waals surface area contributed by atoms with E-state index in [0.29, 0.717) is 26.2 Å². The molecular weight excluding hydrogens is 484 g/mol. The summed E-state index contributed by atoms with van der Waals surface area (Å²) in [4.78, 5) is 54.6. The van der Waals surface area contributed by atoms with Crippen molar-refractivity contribution in [3.05, 3.63) is 0 Å². The van der Waals surface area contributed by atoms with Gasteiger partial charge in [0.25, 0.3) is 0 Å². The summed E-state index contributed by atoms with van der Waals surface area (Å²) >= 11 is 0. The Balaban J connectivity index is 1.49. The van der Waals surface area contributed by atoms with Gasteiger partial charge in [-0.05, 0) is 69.6 Å². The third-order valence-electron chi connectivity index (χ3n) is 8.05. The first-order chi connectivity index (χ1) is 17.9. The van der Waals surface area contributed by atoms with Crippen molar-refractivity contribution < 1.29 is 23.9 Å². The predicted molar refractivity (Wildman–Crippen MR) is 149 cm³/mol. The molecule has 0 N–H and O–H groups in total. The van der Waals surface area contributed by atoms with E-state index >= 15 is 0 Å². The zero-order valence-electron chi connectivity index (χ0n) is 24.9. The molecule has 0 unspecified atom stereocenters. The Bertz CT molecular complexity index is 813. The lowest BCUT2D eigenvalue weighted by Gasteiger charge is -2.27. The molecule has 0 radical (unpaired) electrons. The monoisotopic (exact) mass is 536 g/mol. The van der Waals surface area contributed by atoms with Crippen molar-refractivity contribution in [2.75, 3.05) is 52.5 Å². The average Bonchev–Trinajstić information content (AvgIpc) is 3.29. The van der Waals surface area contributed by atoms with Crippen LogP contribution in [-0.2, 0) is 14.3 Å². The van der Waals surface area contributed by atoms with Gasteiger partial charge >= 0.3 is 12.1 Å². The smallest absolute Gasteiger partial charge is 0.327 e. The van der Waals surface area contributed by atoms with E-state index in [0.717, 1.165) is 71.0 Å². The van der Waals surface area contributed by atoms with E-state index in [1.807, 2.05) is 13.8 Å². The molecule has 0 aromatic rings. The van der Waals surface area contributed by atoms with E-state index in [2.05, 4.69) is 27.7 Å². The topological polar surface area (TPSA) is 90.5 Å². The summed E-state index contributed by atoms with van der Waals surface area (Å²) in [5, 5.41) is 0. The van der Waals surface area contributed by atoms with E-state index in [9.17, 15) is 19.2 Å². The largest absolute Gasteiger partial charge is 0.381 e. The van der Waals surface area contributed by atoms with Crippen LogP contribution in [0.3, 0.4) is 0 Å². The fraction of sp³-hybridized carbons (Fsp3) is 0.862. The van der Waals surface area contributed by atoms with Crippen molar-refractivity contribution in [3.63, 3.8) is 0 Å². The number of hydrogen-bond donors (Lipinski definition) is 0. The Kier molecular flexibility index (Phi) is 12.5. The van der Waals surface area contributed by atoms with Gasteiger partial charge in [0.2, 0.25) is 11.8 Å². The number of hydrogen-bond acceptors (Lipinski definition) is 5. The Hall–Kier alpha value is -2.16. The number of imide groups is 2. The molecule has 218 valence electrons. The first-order valence-corrected chi connectivity index (χ1v) is 14.7. The normalized spacial score (nSPS) is 17.1. The number of unbranched alkanes of at least 4 members (excludes halogenated alkanes) is 2. The maximum absolute atomic E-state index is 12.3. The maximum Gasteiger partial charge on any atom is 0.327 e. The van der Waals surface area contributed by atoms with Crippen molar-refractivity contribution in [2.45, 2.75) is 99.3 Å². The van der Waals surface area contributed by atoms with E-state index in [4.69, 9.17) is 4.74 Å². The van der Waals surface area contributed by atoms with E-state index in [1.54, 1.807) is 9.80 Å². The van der Waals surface area contributed by atoms with Crippen LogP contribution in [0.4, 0.5) is 9.59 Å². The van der Waals surface area contributed by atoms with Crippen molar-refractivity contribution in [1.29, 1.82) is 0 Å². The molecule has 2 aliphatic rings. The van der Waals surface area contributed by atoms with Crippen LogP contribution in [0.5, 0.6) is 0 Å². The van der Waals surface area contributed by atoms with Gasteiger partial charge in [-0.3, -0.25) is 19.4 Å². The number of ether oxygens (including phenoxy) is 1. The Morgan fingerprint density at radius 3 is 1.47 bits per heavy atom. The van der Waals surface area contributed by atoms with Crippen molar-refractivity contribution in [2.24, 2.45) is 10.8 Å². The lowest BCUT2D eigenvalue weighted by molar-refractivity contribution is -0.126. The standard InChI is InChI=1S/C29H52N4O5/c1-7-30-22-24(34)32(26(30)36)18-13-16-28(3,4)14-9-11-20-38-21-12-10-15-29(5,6)17-19-33-25(35)23-31(8-2)27(33)37/h7-23H2,1-6H3. The molecule has 0 saturated carbocycles. The average molecular weight is 537 g/mol. The Labute approximate surface area is 230 Å². The van der Waals surface area contributed by atoms with Crippen LogP contribution >= 0.6 is 0 Å². The molecule has 0 aromatic carbocycles. The third kappa shape index (κ3) is 9.86. The summed E-state index contributed by atoms with van der Waals surface area (Å²) in [6, 6.07) is -0.293. The quantitative estimate of drug-likeness (QED) is 0.169. The fourth-order valence-corrected chi connectivity index (χ4v) is 5.22. The molecule has 38 heavy (non-hydrogen) atoms. The lowest BCUT2D eigenvalue weighted by atomic mass is 9.82. The van der Waals surface area contributed by atoms with Gasteiger partial charge in [-0.15, -0.1) is 0 Å². The minimum Gasteiger partial charge on any atom is -0.381 e. The number of rotatable bonds is 19. The van der Waals surface area contributed by atoms with Gasteiger partial charge in [-0.25, -0.2) is 9.59 Å². The predicted octanol–water partition coefficient (Wildman–Crippen LogP) is 5.13. The highest BCUT2D eigenvalue weighted by Crippen LogP contribution is 2.30. The van der Waals surface area contributed by atoms with Gasteiger partial charge in [-0.1, -0.05) is 40.5 Å². The molecule has 0 spiro atoms. The molecule has 9 heteroatoms. The summed E-state index contributed by atoms with van der Waals surface area (Å²) < 4.78 is 5.86. The minimum atomic E-state index is -0.149. The van der Waals surface area contributed by atoms with Crippen LogP contribution in [0, 0.1) is 10.8 Å². The summed E-state index contributed by atoms with van der Waals surface area (Å²) in [7, 11) is 0. The second-order valence-corrected chi connectivity index (χ2v) is 12.4. The van der Waals surface area contributed by atoms with Crippen LogP contribution in [0.15, 0.2) is 0 Å². The molecule has 2 fully saturated rings. The van der Waals surface area contributed by atoms with E-state index in [-0.39, 0.29) is 47.8 Å². The zero-order valence-corrected chi connectivity index (χ0v) is 24.9. The molecule has 2 aliphatic heterocycles. The summed E-state index contributed by atoms with van der Waals surface area (Å²) in [5.41, 5.74) is 0.261. The molecule has 2 heterocycles. The fourth-order valence-electron chi connectivity index (χ4n) is 5.22. The lowest BCUT2D eigenvalue weighted by Crippen LogP contribution is -2.35. The molecule has 6 amide bonds. The number of carbonyl (C=O) groups is 4. The molecule has 9 nitrogen and oxygen atoms in total. The number of likely N-dealkylation sites (N-methyl/N-ethyl adjacent to an activating group) is 2. The summed E-state index contributed by atoms with van der Waals surface area (Å²) in [5.74, 6) is -0.156. The van der Waals surface area contributed by atoms with Gasteiger partial charge in [0.15, 0.2) is 0 Å². The van der Waals surface area contributed by atoms with Crippen molar-refractivity contribution in [1.82, 2.24) is 19.6 Å². The van der Waals surface area contributed by atoms with E-state index < -0.39 is 0 Å². The van der Waals surface area contributed by atoms with Crippen LogP contribution < -0.4 is 0 Å². The maximum atomic E-state index is 12.3. The third-order valence-corrected chi connectivity index (χ3v) is 8.05. The number of nitrogens with zero attached hydrogens (tertiary/aromatic N) is 4. The SMILES string of the molecule is CCN1CC(=O)N(CCCC(C)(C)CCCCOCCCCC(C)(C)CCN2C(=O)CN(CC)C2=O)C1=O. The van der Waals surface area contributed by atoms with Crippen LogP contribution in [0.2, 0.25) is 0 Å². The molecule has 2 saturated heterocycles. The van der Waals surface area contributed by atoms with Crippen molar-refractivity contribution in [3.8, 4) is 0 Å². The first kappa shape index (κ1) is 32.1. The molecule has 0 aromatic heterocycles. The highest BCUT2D eigenvalue weighted by molar-refractivity contribution is 6.02. The highest BCUT2D eigenvalue weighted by Gasteiger charge is 2.36. The molecular formula is C29H52N4O5. The first-order valence-electron chi connectivity index (χ1n) is 14.7. The summed E-state index contributed by atoms with van der Waals surface area (Å²) in [6.45, 7) is 16.9. The van der Waals surface area contributed by atoms with Crippen molar-refractivity contribution >= 4 is 23.9 Å². The van der Waals surface area contributed by atoms with Gasteiger partial charge in [0.1, 0.15) is 13.1 Å². The number of carbonyl (C=O) groups excluding carboxylic acids is 4. The van der Waals surface area contributed by atoms with Crippen LogP contribution in [0.1, 0.15) is 99.3 Å². The van der Waals surface area contributed by atoms with Gasteiger partial charge < -0.3 is 14.5 Å². The minimum absolute atomic E-state index is 0.0751. The van der Waals surface area contributed by atoms with Gasteiger partial charge in [0, 0.05) is 39.4 Å². The van der Waals surface area contributed by atoms with Gasteiger partial charge in [-0.2, -0.15) is 0 Å². The van der Waals surface area contributed by atoms with Crippen LogP contribution in [-0.4, -0.2) is 96.0 Å². The number of amides is 6. The van der Waals surface area contributed by atoms with E-state index in [1.165, 1.54) is 9.80 Å². The summed E-state index contributed by atoms with van der Waals surface area (Å²) in [6.07, 6.45) is 9.03. The highest BCUT2D eigenvalue weighted by atomic mass is 16.5. The molecule has 0 aliphatic carbocycles. The molecule has 0 atom stereocenters. The second kappa shape index (κ2) is 14.8. The number of urea groups is 2. The molecule has 2 rings (SSSR count). The second-order valence-electron chi connectivity index (χ2n) is 12.4. The van der Waals surface area contributed by atoms with Crippen LogP contribution in [0.25, 0.3) is 0 Å². The zero-order chi connectivity index (χ0) is 28.3. The molecule has 0 bridgehead atoms.